The van der Waals surface area contributed by atoms with E-state index in [9.17, 15) is 33.6 Å². The Morgan fingerprint density at radius 1 is 0.906 bits per heavy atom. The van der Waals surface area contributed by atoms with Crippen molar-refractivity contribution < 1.29 is 43.0 Å². The van der Waals surface area contributed by atoms with E-state index in [4.69, 9.17) is 9.47 Å². The van der Waals surface area contributed by atoms with Gasteiger partial charge in [0.05, 0.1) is 12.1 Å². The molecule has 0 bridgehead atoms. The Balaban J connectivity index is 0.00000513. The highest BCUT2D eigenvalue weighted by molar-refractivity contribution is 6.03. The van der Waals surface area contributed by atoms with E-state index in [1.54, 1.807) is 38.1 Å². The normalized spacial score (nSPS) is 14.5. The highest BCUT2D eigenvalue weighted by Crippen LogP contribution is 2.21. The van der Waals surface area contributed by atoms with Crippen molar-refractivity contribution in [3.05, 3.63) is 29.8 Å². The first-order valence-corrected chi connectivity index (χ1v) is 18.7. The molecule has 53 heavy (non-hydrogen) atoms. The van der Waals surface area contributed by atoms with Crippen LogP contribution in [0.15, 0.2) is 24.3 Å². The first kappa shape index (κ1) is 48.7. The molecule has 14 nitrogen and oxygen atoms in total. The molecule has 4 N–H and O–H groups in total. The number of esters is 1. The van der Waals surface area contributed by atoms with Crippen LogP contribution >= 0.6 is 0 Å². The molecule has 300 valence electrons. The van der Waals surface area contributed by atoms with Crippen molar-refractivity contribution in [3.8, 4) is 0 Å². The number of amides is 6. The molecule has 1 fully saturated rings. The van der Waals surface area contributed by atoms with Crippen LogP contribution in [-0.2, 0) is 49.6 Å². The van der Waals surface area contributed by atoms with Crippen molar-refractivity contribution in [1.82, 2.24) is 20.9 Å². The summed E-state index contributed by atoms with van der Waals surface area (Å²) in [4.78, 5) is 86.2. The SMILES string of the molecule is CC.CCC.CCC(=O)OCc1ccc(NC(=O)C(C)NC(=O)CNC(=O)CCC(C)(C)OCCC(C)(C)NC(=O)CCN2C(=O)CC(C)C2=O)cc1. The van der Waals surface area contributed by atoms with Crippen molar-refractivity contribution in [1.29, 1.82) is 0 Å². The molecule has 2 unspecified atom stereocenters. The predicted molar refractivity (Wildman–Crippen MR) is 204 cm³/mol. The standard InChI is InChI=1S/C34H51N5O9.C3H8.C2H6/c1-8-30(44)47-21-24-9-11-25(12-10-24)37-31(45)23(3)36-28(42)20-35-26(40)13-15-34(6,7)48-18-16-33(4,5)38-27(41)14-17-39-29(43)19-22(2)32(39)46;1-3-2;1-2/h9-12,22-23H,8,13-21H2,1-7H3,(H,35,40)(H,36,42)(H,37,45)(H,38,41);3H2,1-2H3;1-2H3. The van der Waals surface area contributed by atoms with Crippen LogP contribution in [0.25, 0.3) is 0 Å². The molecule has 1 heterocycles. The molecule has 1 aromatic carbocycles. The number of carbonyl (C=O) groups is 7. The molecule has 0 aromatic heterocycles. The molecule has 0 saturated carbocycles. The van der Waals surface area contributed by atoms with Crippen LogP contribution in [0.1, 0.15) is 127 Å². The van der Waals surface area contributed by atoms with Crippen LogP contribution < -0.4 is 21.3 Å². The molecule has 1 aliphatic heterocycles. The minimum Gasteiger partial charge on any atom is -0.461 e. The lowest BCUT2D eigenvalue weighted by Crippen LogP contribution is -2.46. The maximum atomic E-state index is 12.5. The fourth-order valence-electron chi connectivity index (χ4n) is 4.69. The summed E-state index contributed by atoms with van der Waals surface area (Å²) < 4.78 is 11.1. The van der Waals surface area contributed by atoms with Crippen molar-refractivity contribution in [2.24, 2.45) is 5.92 Å². The van der Waals surface area contributed by atoms with Crippen molar-refractivity contribution in [2.75, 3.05) is 25.0 Å². The first-order chi connectivity index (χ1) is 24.8. The lowest BCUT2D eigenvalue weighted by molar-refractivity contribution is -0.144. The van der Waals surface area contributed by atoms with Gasteiger partial charge in [0, 0.05) is 56.0 Å². The second-order valence-corrected chi connectivity index (χ2v) is 14.0. The number of rotatable bonds is 19. The molecule has 2 atom stereocenters. The van der Waals surface area contributed by atoms with Crippen LogP contribution in [0.4, 0.5) is 5.69 Å². The van der Waals surface area contributed by atoms with Gasteiger partial charge in [-0.05, 0) is 65.2 Å². The largest absolute Gasteiger partial charge is 0.461 e. The molecule has 1 aliphatic rings. The van der Waals surface area contributed by atoms with Crippen LogP contribution in [0.2, 0.25) is 0 Å². The lowest BCUT2D eigenvalue weighted by Gasteiger charge is -2.30. The van der Waals surface area contributed by atoms with Gasteiger partial charge in [-0.2, -0.15) is 0 Å². The van der Waals surface area contributed by atoms with E-state index in [1.807, 2.05) is 41.5 Å². The van der Waals surface area contributed by atoms with Gasteiger partial charge in [0.15, 0.2) is 0 Å². The average molecular weight is 748 g/mol. The highest BCUT2D eigenvalue weighted by Gasteiger charge is 2.35. The lowest BCUT2D eigenvalue weighted by atomic mass is 9.99. The Hall–Kier alpha value is -4.33. The molecule has 2 rings (SSSR count). The second-order valence-electron chi connectivity index (χ2n) is 14.0. The van der Waals surface area contributed by atoms with Crippen molar-refractivity contribution in [2.45, 2.75) is 145 Å². The minimum absolute atomic E-state index is 0.0228. The van der Waals surface area contributed by atoms with Gasteiger partial charge in [-0.15, -0.1) is 0 Å². The molecule has 6 amide bonds. The van der Waals surface area contributed by atoms with Crippen LogP contribution in [-0.4, -0.2) is 83.2 Å². The number of anilines is 1. The monoisotopic (exact) mass is 747 g/mol. The number of benzene rings is 1. The van der Waals surface area contributed by atoms with E-state index in [2.05, 4.69) is 35.1 Å². The summed E-state index contributed by atoms with van der Waals surface area (Å²) in [5.74, 6) is -2.72. The van der Waals surface area contributed by atoms with Gasteiger partial charge < -0.3 is 30.7 Å². The van der Waals surface area contributed by atoms with Gasteiger partial charge in [0.1, 0.15) is 12.6 Å². The van der Waals surface area contributed by atoms with Gasteiger partial charge in [0.2, 0.25) is 35.4 Å². The summed E-state index contributed by atoms with van der Waals surface area (Å²) in [6.07, 6.45) is 2.71. The van der Waals surface area contributed by atoms with Crippen molar-refractivity contribution in [3.63, 3.8) is 0 Å². The average Bonchev–Trinajstić information content (AvgIpc) is 3.34. The molecule has 0 spiro atoms. The quantitative estimate of drug-likeness (QED) is 0.114. The fraction of sp³-hybridized carbons (Fsp3) is 0.667. The molecule has 0 aliphatic carbocycles. The Morgan fingerprint density at radius 3 is 2.06 bits per heavy atom. The Bertz CT molecular complexity index is 1350. The summed E-state index contributed by atoms with van der Waals surface area (Å²) in [6.45, 7) is 20.8. The summed E-state index contributed by atoms with van der Waals surface area (Å²) in [6, 6.07) is 5.92. The number of ether oxygens (including phenoxy) is 2. The molecular weight excluding hydrogens is 682 g/mol. The predicted octanol–water partition coefficient (Wildman–Crippen LogP) is 4.79. The highest BCUT2D eigenvalue weighted by atomic mass is 16.5. The summed E-state index contributed by atoms with van der Waals surface area (Å²) in [5.41, 5.74) is 0.0251. The maximum absolute atomic E-state index is 12.5. The van der Waals surface area contributed by atoms with Gasteiger partial charge in [-0.25, -0.2) is 0 Å². The van der Waals surface area contributed by atoms with E-state index in [1.165, 1.54) is 13.3 Å². The van der Waals surface area contributed by atoms with E-state index in [-0.39, 0.29) is 80.9 Å². The van der Waals surface area contributed by atoms with Crippen LogP contribution in [0.3, 0.4) is 0 Å². The third kappa shape index (κ3) is 20.5. The molecule has 0 radical (unpaired) electrons. The first-order valence-electron chi connectivity index (χ1n) is 18.7. The number of carbonyl (C=O) groups excluding carboxylic acids is 7. The zero-order valence-electron chi connectivity index (χ0n) is 33.9. The third-order valence-electron chi connectivity index (χ3n) is 7.81. The van der Waals surface area contributed by atoms with Gasteiger partial charge in [0.25, 0.3) is 0 Å². The van der Waals surface area contributed by atoms with E-state index in [0.29, 0.717) is 25.1 Å². The number of nitrogens with one attached hydrogen (secondary N) is 4. The number of likely N-dealkylation sites (tertiary alicyclic amines) is 1. The van der Waals surface area contributed by atoms with Crippen LogP contribution in [0.5, 0.6) is 0 Å². The zero-order valence-corrected chi connectivity index (χ0v) is 33.9. The van der Waals surface area contributed by atoms with E-state index < -0.39 is 29.0 Å². The molecular formula is C39H65N5O9. The Labute approximate surface area is 316 Å². The van der Waals surface area contributed by atoms with Crippen LogP contribution in [0, 0.1) is 5.92 Å². The number of nitrogens with zero attached hydrogens (tertiary/aromatic N) is 1. The van der Waals surface area contributed by atoms with Gasteiger partial charge in [-0.3, -0.25) is 38.5 Å². The topological polar surface area (TPSA) is 189 Å². The molecule has 1 aromatic rings. The molecule has 14 heteroatoms. The van der Waals surface area contributed by atoms with Crippen molar-refractivity contribution >= 4 is 47.1 Å². The fourth-order valence-corrected chi connectivity index (χ4v) is 4.69. The zero-order chi connectivity index (χ0) is 40.8. The summed E-state index contributed by atoms with van der Waals surface area (Å²) >= 11 is 0. The smallest absolute Gasteiger partial charge is 0.305 e. The number of hydrogen-bond acceptors (Lipinski definition) is 9. The third-order valence-corrected chi connectivity index (χ3v) is 7.81. The maximum Gasteiger partial charge on any atom is 0.305 e. The summed E-state index contributed by atoms with van der Waals surface area (Å²) in [7, 11) is 0. The number of hydrogen-bond donors (Lipinski definition) is 4. The molecule has 1 saturated heterocycles. The Morgan fingerprint density at radius 2 is 1.51 bits per heavy atom. The number of imide groups is 1. The Kier molecular flexibility index (Phi) is 22.8. The minimum atomic E-state index is -0.858. The van der Waals surface area contributed by atoms with E-state index >= 15 is 0 Å². The summed E-state index contributed by atoms with van der Waals surface area (Å²) in [5, 5.41) is 10.7. The van der Waals surface area contributed by atoms with E-state index in [0.717, 1.165) is 10.5 Å². The second kappa shape index (κ2) is 24.8. The van der Waals surface area contributed by atoms with Gasteiger partial charge >= 0.3 is 5.97 Å². The van der Waals surface area contributed by atoms with Gasteiger partial charge in [-0.1, -0.05) is 60.1 Å².